The average molecular weight is 464 g/mol. The molecule has 8 nitrogen and oxygen atoms in total. The summed E-state index contributed by atoms with van der Waals surface area (Å²) in [6, 6.07) is 1.30. The summed E-state index contributed by atoms with van der Waals surface area (Å²) in [5, 5.41) is 3.77. The maximum atomic E-state index is 14.5. The Kier molecular flexibility index (Phi) is 5.31. The zero-order valence-corrected chi connectivity index (χ0v) is 17.5. The smallest absolute Gasteiger partial charge is 0.480 e. The lowest BCUT2D eigenvalue weighted by Gasteiger charge is -2.29. The van der Waals surface area contributed by atoms with E-state index < -0.39 is 18.3 Å². The molecule has 0 spiro atoms. The molecule has 1 saturated carbocycles. The van der Waals surface area contributed by atoms with E-state index in [9.17, 15) is 17.6 Å². The van der Waals surface area contributed by atoms with E-state index in [2.05, 4.69) is 30.0 Å². The predicted molar refractivity (Wildman–Crippen MR) is 111 cm³/mol. The van der Waals surface area contributed by atoms with Gasteiger partial charge in [-0.3, -0.25) is 4.74 Å². The van der Waals surface area contributed by atoms with Gasteiger partial charge in [-0.1, -0.05) is 0 Å². The molecule has 1 fully saturated rings. The van der Waals surface area contributed by atoms with Crippen LogP contribution in [-0.2, 0) is 4.74 Å². The van der Waals surface area contributed by atoms with Crippen molar-refractivity contribution in [1.29, 1.82) is 0 Å². The number of rotatable bonds is 5. The van der Waals surface area contributed by atoms with Crippen LogP contribution in [0.25, 0.3) is 27.8 Å². The average Bonchev–Trinajstić information content (AvgIpc) is 3.41. The van der Waals surface area contributed by atoms with Crippen molar-refractivity contribution in [2.45, 2.75) is 44.2 Å². The van der Waals surface area contributed by atoms with Gasteiger partial charge in [-0.15, -0.1) is 13.2 Å². The fourth-order valence-corrected chi connectivity index (χ4v) is 4.27. The molecule has 33 heavy (non-hydrogen) atoms. The van der Waals surface area contributed by atoms with Gasteiger partial charge in [-0.25, -0.2) is 9.37 Å². The molecule has 174 valence electrons. The fourth-order valence-electron chi connectivity index (χ4n) is 4.27. The number of H-pyrrole nitrogens is 1. The van der Waals surface area contributed by atoms with E-state index in [1.54, 1.807) is 23.0 Å². The molecule has 0 aromatic carbocycles. The number of fused-ring (bicyclic) bond motifs is 2. The quantitative estimate of drug-likeness (QED) is 0.417. The number of aromatic amines is 1. The molecular formula is C21H20F4N6O2. The number of anilines is 1. The topological polar surface area (TPSA) is 89.4 Å². The lowest BCUT2D eigenvalue weighted by atomic mass is 9.93. The number of nitrogens with zero attached hydrogens (tertiary/aromatic N) is 4. The van der Waals surface area contributed by atoms with Gasteiger partial charge in [0.25, 0.3) is 0 Å². The molecule has 1 aliphatic rings. The maximum absolute atomic E-state index is 14.5. The van der Waals surface area contributed by atoms with E-state index in [4.69, 9.17) is 4.74 Å². The minimum absolute atomic E-state index is 0.0904. The van der Waals surface area contributed by atoms with Crippen LogP contribution in [0.5, 0.6) is 5.88 Å². The summed E-state index contributed by atoms with van der Waals surface area (Å²) in [7, 11) is 1.47. The van der Waals surface area contributed by atoms with Gasteiger partial charge in [-0.05, 0) is 31.7 Å². The number of methoxy groups -OCH3 is 1. The van der Waals surface area contributed by atoms with Crippen molar-refractivity contribution in [1.82, 2.24) is 24.3 Å². The third kappa shape index (κ3) is 4.30. The summed E-state index contributed by atoms with van der Waals surface area (Å²) in [6.45, 7) is 0. The molecule has 1 aliphatic carbocycles. The third-order valence-electron chi connectivity index (χ3n) is 5.75. The number of halogens is 4. The minimum Gasteiger partial charge on any atom is -0.480 e. The molecule has 4 heterocycles. The van der Waals surface area contributed by atoms with Gasteiger partial charge in [0, 0.05) is 42.0 Å². The lowest BCUT2D eigenvalue weighted by Crippen LogP contribution is -2.33. The fraction of sp³-hybridized carbons (Fsp3) is 0.381. The third-order valence-corrected chi connectivity index (χ3v) is 5.75. The number of hydrogen-bond donors (Lipinski definition) is 2. The van der Waals surface area contributed by atoms with Crippen molar-refractivity contribution in [2.75, 3.05) is 12.4 Å². The van der Waals surface area contributed by atoms with E-state index in [1.807, 2.05) is 0 Å². The second kappa shape index (κ2) is 8.18. The van der Waals surface area contributed by atoms with Crippen molar-refractivity contribution in [3.8, 4) is 17.0 Å². The first-order chi connectivity index (χ1) is 15.8. The first-order valence-corrected chi connectivity index (χ1v) is 10.4. The first kappa shape index (κ1) is 21.4. The van der Waals surface area contributed by atoms with E-state index in [-0.39, 0.29) is 24.5 Å². The van der Waals surface area contributed by atoms with Gasteiger partial charge in [-0.2, -0.15) is 9.97 Å². The van der Waals surface area contributed by atoms with Gasteiger partial charge in [0.2, 0.25) is 11.8 Å². The van der Waals surface area contributed by atoms with Gasteiger partial charge in [0.1, 0.15) is 5.65 Å². The molecule has 12 heteroatoms. The summed E-state index contributed by atoms with van der Waals surface area (Å²) >= 11 is 0. The molecule has 0 radical (unpaired) electrons. The van der Waals surface area contributed by atoms with Crippen LogP contribution in [0.15, 0.2) is 30.9 Å². The Morgan fingerprint density at radius 2 is 1.97 bits per heavy atom. The van der Waals surface area contributed by atoms with Gasteiger partial charge in [0.15, 0.2) is 11.5 Å². The Balaban J connectivity index is 1.39. The molecule has 5 rings (SSSR count). The normalized spacial score (nSPS) is 19.3. The Hall–Kier alpha value is -3.41. The van der Waals surface area contributed by atoms with Crippen LogP contribution < -0.4 is 10.1 Å². The van der Waals surface area contributed by atoms with Crippen molar-refractivity contribution >= 4 is 22.6 Å². The zero-order chi connectivity index (χ0) is 23.2. The molecule has 4 aromatic rings. The number of imidazole rings is 1. The standard InChI is InChI=1S/C21H20F4N6O2/c1-32-19-16-14(11-8-15(22)18-26-6-7-31(18)10-11)9-27-17(16)29-20(30-19)28-12-2-4-13(5-3-12)33-21(23,24)25/h6-10,12-13H,2-5H2,1H3,(H2,27,28,29,30). The minimum atomic E-state index is -4.62. The van der Waals surface area contributed by atoms with E-state index >= 15 is 0 Å². The Morgan fingerprint density at radius 3 is 2.70 bits per heavy atom. The maximum Gasteiger partial charge on any atom is 0.522 e. The predicted octanol–water partition coefficient (Wildman–Crippen LogP) is 4.68. The summed E-state index contributed by atoms with van der Waals surface area (Å²) in [4.78, 5) is 16.0. The van der Waals surface area contributed by atoms with Crippen molar-refractivity contribution in [3.63, 3.8) is 0 Å². The van der Waals surface area contributed by atoms with Crippen LogP contribution in [0.4, 0.5) is 23.5 Å². The van der Waals surface area contributed by atoms with Gasteiger partial charge < -0.3 is 19.4 Å². The highest BCUT2D eigenvalue weighted by atomic mass is 19.4. The van der Waals surface area contributed by atoms with Crippen LogP contribution in [0.2, 0.25) is 0 Å². The highest BCUT2D eigenvalue weighted by Gasteiger charge is 2.35. The number of pyridine rings is 1. The highest BCUT2D eigenvalue weighted by Crippen LogP contribution is 2.35. The summed E-state index contributed by atoms with van der Waals surface area (Å²) in [6.07, 6.45) is 2.71. The second-order valence-electron chi connectivity index (χ2n) is 7.90. The molecule has 2 N–H and O–H groups in total. The van der Waals surface area contributed by atoms with E-state index in [0.717, 1.165) is 0 Å². The molecule has 0 saturated heterocycles. The number of aromatic nitrogens is 5. The highest BCUT2D eigenvalue weighted by molar-refractivity contribution is 5.97. The number of nitrogens with one attached hydrogen (secondary N) is 2. The Bertz CT molecular complexity index is 1290. The Morgan fingerprint density at radius 1 is 1.18 bits per heavy atom. The molecule has 0 unspecified atom stereocenters. The molecule has 4 aromatic heterocycles. The number of hydrogen-bond acceptors (Lipinski definition) is 6. The van der Waals surface area contributed by atoms with Crippen LogP contribution in [0, 0.1) is 5.82 Å². The molecule has 0 aliphatic heterocycles. The Labute approximate surface area is 185 Å². The molecule has 0 amide bonds. The molecule has 0 atom stereocenters. The SMILES string of the molecule is COc1nc(NC2CCC(OC(F)(F)F)CC2)nc2[nH]cc(-c3cc(F)c4nccn4c3)c12. The zero-order valence-electron chi connectivity index (χ0n) is 17.5. The van der Waals surface area contributed by atoms with Crippen molar-refractivity contribution in [3.05, 3.63) is 36.7 Å². The van der Waals surface area contributed by atoms with E-state index in [1.165, 1.54) is 19.4 Å². The van der Waals surface area contributed by atoms with E-state index in [0.29, 0.717) is 46.8 Å². The summed E-state index contributed by atoms with van der Waals surface area (Å²) < 4.78 is 62.9. The summed E-state index contributed by atoms with van der Waals surface area (Å²) in [5.74, 6) is 0.123. The van der Waals surface area contributed by atoms with Crippen LogP contribution >= 0.6 is 0 Å². The van der Waals surface area contributed by atoms with Crippen molar-refractivity contribution < 1.29 is 27.0 Å². The number of ether oxygens (including phenoxy) is 2. The molecule has 0 bridgehead atoms. The van der Waals surface area contributed by atoms with Crippen LogP contribution in [0.3, 0.4) is 0 Å². The van der Waals surface area contributed by atoms with Crippen molar-refractivity contribution in [2.24, 2.45) is 0 Å². The van der Waals surface area contributed by atoms with Gasteiger partial charge >= 0.3 is 6.36 Å². The van der Waals surface area contributed by atoms with Gasteiger partial charge in [0.05, 0.1) is 18.6 Å². The monoisotopic (exact) mass is 464 g/mol. The lowest BCUT2D eigenvalue weighted by molar-refractivity contribution is -0.345. The largest absolute Gasteiger partial charge is 0.522 e. The van der Waals surface area contributed by atoms with Crippen LogP contribution in [0.1, 0.15) is 25.7 Å². The van der Waals surface area contributed by atoms with Crippen LogP contribution in [-0.4, -0.2) is 50.0 Å². The molecular weight excluding hydrogens is 444 g/mol. The number of alkyl halides is 3. The second-order valence-corrected chi connectivity index (χ2v) is 7.90. The summed E-state index contributed by atoms with van der Waals surface area (Å²) in [5.41, 5.74) is 1.96. The first-order valence-electron chi connectivity index (χ1n) is 10.4.